The van der Waals surface area contributed by atoms with Crippen molar-refractivity contribution >= 4 is 28.9 Å². The Bertz CT molecular complexity index is 354. The lowest BCUT2D eigenvalue weighted by Crippen LogP contribution is -2.29. The third-order valence-electron chi connectivity index (χ3n) is 1.92. The van der Waals surface area contributed by atoms with Gasteiger partial charge in [0.05, 0.1) is 0 Å². The molecule has 0 atom stereocenters. The van der Waals surface area contributed by atoms with E-state index in [1.54, 1.807) is 0 Å². The van der Waals surface area contributed by atoms with Gasteiger partial charge in [0.2, 0.25) is 5.91 Å². The average molecular weight is 237 g/mol. The van der Waals surface area contributed by atoms with Gasteiger partial charge in [0.15, 0.2) is 5.11 Å². The topological polar surface area (TPSA) is 67.2 Å². The van der Waals surface area contributed by atoms with E-state index in [4.69, 9.17) is 18.0 Å². The van der Waals surface area contributed by atoms with Gasteiger partial charge in [-0.3, -0.25) is 4.79 Å². The Morgan fingerprint density at radius 2 is 2.00 bits per heavy atom. The highest BCUT2D eigenvalue weighted by Crippen LogP contribution is 2.04. The van der Waals surface area contributed by atoms with Gasteiger partial charge in [-0.1, -0.05) is 18.2 Å². The van der Waals surface area contributed by atoms with Crippen molar-refractivity contribution < 1.29 is 4.79 Å². The molecule has 0 heterocycles. The van der Waals surface area contributed by atoms with Crippen molar-refractivity contribution in [3.63, 3.8) is 0 Å². The van der Waals surface area contributed by atoms with Crippen LogP contribution in [-0.4, -0.2) is 17.6 Å². The zero-order valence-corrected chi connectivity index (χ0v) is 9.72. The van der Waals surface area contributed by atoms with Crippen LogP contribution in [0.5, 0.6) is 0 Å². The monoisotopic (exact) mass is 237 g/mol. The summed E-state index contributed by atoms with van der Waals surface area (Å²) in [5.41, 5.74) is 5.96. The van der Waals surface area contributed by atoms with Crippen LogP contribution in [0.1, 0.15) is 12.8 Å². The van der Waals surface area contributed by atoms with Gasteiger partial charge in [0, 0.05) is 18.7 Å². The van der Waals surface area contributed by atoms with Gasteiger partial charge in [-0.2, -0.15) is 0 Å². The van der Waals surface area contributed by atoms with Crippen molar-refractivity contribution in [1.29, 1.82) is 0 Å². The van der Waals surface area contributed by atoms with E-state index in [1.165, 1.54) is 0 Å². The molecule has 0 fully saturated rings. The van der Waals surface area contributed by atoms with E-state index in [0.717, 1.165) is 5.69 Å². The molecule has 0 aliphatic rings. The summed E-state index contributed by atoms with van der Waals surface area (Å²) in [7, 11) is 0. The molecule has 0 aromatic heterocycles. The van der Waals surface area contributed by atoms with Gasteiger partial charge in [-0.25, -0.2) is 0 Å². The van der Waals surface area contributed by atoms with Crippen LogP contribution in [-0.2, 0) is 4.79 Å². The quantitative estimate of drug-likeness (QED) is 0.532. The molecule has 1 aromatic carbocycles. The second-order valence-corrected chi connectivity index (χ2v) is 3.73. The summed E-state index contributed by atoms with van der Waals surface area (Å²) < 4.78 is 0. The summed E-state index contributed by atoms with van der Waals surface area (Å²) in [4.78, 5) is 10.5. The minimum atomic E-state index is -0.288. The average Bonchev–Trinajstić information content (AvgIpc) is 2.25. The number of primary amides is 1. The van der Waals surface area contributed by atoms with E-state index in [0.29, 0.717) is 24.5 Å². The molecule has 0 saturated heterocycles. The van der Waals surface area contributed by atoms with Gasteiger partial charge in [-0.05, 0) is 30.8 Å². The largest absolute Gasteiger partial charge is 0.370 e. The molecule has 0 radical (unpaired) electrons. The van der Waals surface area contributed by atoms with Crippen LogP contribution in [0.25, 0.3) is 0 Å². The van der Waals surface area contributed by atoms with E-state index in [9.17, 15) is 4.79 Å². The molecule has 16 heavy (non-hydrogen) atoms. The van der Waals surface area contributed by atoms with E-state index in [2.05, 4.69) is 10.6 Å². The van der Waals surface area contributed by atoms with Crippen LogP contribution in [0, 0.1) is 0 Å². The van der Waals surface area contributed by atoms with E-state index >= 15 is 0 Å². The lowest BCUT2D eigenvalue weighted by molar-refractivity contribution is -0.118. The highest BCUT2D eigenvalue weighted by atomic mass is 32.1. The highest BCUT2D eigenvalue weighted by Gasteiger charge is 1.97. The van der Waals surface area contributed by atoms with Crippen molar-refractivity contribution in [3.8, 4) is 0 Å². The lowest BCUT2D eigenvalue weighted by atomic mass is 10.3. The molecule has 4 N–H and O–H groups in total. The third-order valence-corrected chi connectivity index (χ3v) is 2.16. The smallest absolute Gasteiger partial charge is 0.217 e. The van der Waals surface area contributed by atoms with Crippen LogP contribution < -0.4 is 16.4 Å². The van der Waals surface area contributed by atoms with Crippen LogP contribution in [0.4, 0.5) is 5.69 Å². The summed E-state index contributed by atoms with van der Waals surface area (Å²) in [5, 5.41) is 6.58. The van der Waals surface area contributed by atoms with E-state index in [-0.39, 0.29) is 5.91 Å². The molecule has 4 nitrogen and oxygen atoms in total. The fraction of sp³-hybridized carbons (Fsp3) is 0.273. The van der Waals surface area contributed by atoms with Crippen molar-refractivity contribution in [2.45, 2.75) is 12.8 Å². The number of hydrogen-bond acceptors (Lipinski definition) is 2. The van der Waals surface area contributed by atoms with Crippen LogP contribution >= 0.6 is 12.2 Å². The molecule has 86 valence electrons. The summed E-state index contributed by atoms with van der Waals surface area (Å²) in [6.45, 7) is 0.640. The normalized spacial score (nSPS) is 9.50. The summed E-state index contributed by atoms with van der Waals surface area (Å²) in [6.07, 6.45) is 1.06. The molecule has 0 aliphatic heterocycles. The molecule has 5 heteroatoms. The lowest BCUT2D eigenvalue weighted by Gasteiger charge is -2.09. The Morgan fingerprint density at radius 1 is 1.31 bits per heavy atom. The first-order chi connectivity index (χ1) is 7.68. The van der Waals surface area contributed by atoms with Gasteiger partial charge in [0.25, 0.3) is 0 Å². The molecular formula is C11H15N3OS. The molecule has 1 amide bonds. The number of carbonyl (C=O) groups excluding carboxylic acids is 1. The number of nitrogens with two attached hydrogens (primary N) is 1. The standard InChI is InChI=1S/C11H15N3OS/c12-10(15)7-4-8-13-11(16)14-9-5-2-1-3-6-9/h1-3,5-6H,4,7-8H2,(H2,12,15)(H2,13,14,16). The van der Waals surface area contributed by atoms with Crippen molar-refractivity contribution in [2.24, 2.45) is 5.73 Å². The number of nitrogens with one attached hydrogen (secondary N) is 2. The summed E-state index contributed by atoms with van der Waals surface area (Å²) >= 11 is 5.08. The van der Waals surface area contributed by atoms with Gasteiger partial charge < -0.3 is 16.4 Å². The highest BCUT2D eigenvalue weighted by molar-refractivity contribution is 7.80. The second kappa shape index (κ2) is 6.79. The van der Waals surface area contributed by atoms with Crippen LogP contribution in [0.2, 0.25) is 0 Å². The first-order valence-corrected chi connectivity index (χ1v) is 5.47. The van der Waals surface area contributed by atoms with Gasteiger partial charge in [0.1, 0.15) is 0 Å². The fourth-order valence-corrected chi connectivity index (χ4v) is 1.38. The fourth-order valence-electron chi connectivity index (χ4n) is 1.16. The number of rotatable bonds is 5. The zero-order valence-electron chi connectivity index (χ0n) is 8.90. The number of benzene rings is 1. The molecule has 0 aliphatic carbocycles. The molecule has 0 saturated carbocycles. The first kappa shape index (κ1) is 12.4. The summed E-state index contributed by atoms with van der Waals surface area (Å²) in [6, 6.07) is 9.65. The van der Waals surface area contributed by atoms with E-state index in [1.807, 2.05) is 30.3 Å². The minimum absolute atomic E-state index is 0.288. The van der Waals surface area contributed by atoms with Gasteiger partial charge in [-0.15, -0.1) is 0 Å². The maximum atomic E-state index is 10.5. The Balaban J connectivity index is 2.19. The number of amides is 1. The molecule has 1 rings (SSSR count). The molecular weight excluding hydrogens is 222 g/mol. The number of hydrogen-bond donors (Lipinski definition) is 3. The third kappa shape index (κ3) is 5.31. The van der Waals surface area contributed by atoms with E-state index < -0.39 is 0 Å². The number of thiocarbonyl (C=S) groups is 1. The minimum Gasteiger partial charge on any atom is -0.370 e. The molecule has 0 unspecified atom stereocenters. The Morgan fingerprint density at radius 3 is 2.62 bits per heavy atom. The van der Waals surface area contributed by atoms with Crippen LogP contribution in [0.3, 0.4) is 0 Å². The van der Waals surface area contributed by atoms with Crippen molar-refractivity contribution in [2.75, 3.05) is 11.9 Å². The molecule has 0 spiro atoms. The molecule has 0 bridgehead atoms. The predicted octanol–water partition coefficient (Wildman–Crippen LogP) is 1.24. The Kier molecular flexibility index (Phi) is 5.28. The van der Waals surface area contributed by atoms with Crippen LogP contribution in [0.15, 0.2) is 30.3 Å². The zero-order chi connectivity index (χ0) is 11.8. The van der Waals surface area contributed by atoms with Crippen molar-refractivity contribution in [3.05, 3.63) is 30.3 Å². The number of anilines is 1. The summed E-state index contributed by atoms with van der Waals surface area (Å²) in [5.74, 6) is -0.288. The predicted molar refractivity (Wildman–Crippen MR) is 69.1 cm³/mol. The number of carbonyl (C=O) groups is 1. The Hall–Kier alpha value is -1.62. The maximum Gasteiger partial charge on any atom is 0.217 e. The second-order valence-electron chi connectivity index (χ2n) is 3.32. The van der Waals surface area contributed by atoms with Gasteiger partial charge >= 0.3 is 0 Å². The first-order valence-electron chi connectivity index (χ1n) is 5.06. The number of para-hydroxylation sites is 1. The SMILES string of the molecule is NC(=O)CCCNC(=S)Nc1ccccc1. The molecule has 1 aromatic rings. The Labute approximate surface area is 100 Å². The van der Waals surface area contributed by atoms with Crippen molar-refractivity contribution in [1.82, 2.24) is 5.32 Å². The maximum absolute atomic E-state index is 10.5.